The number of hydrogen-bond donors (Lipinski definition) is 2. The summed E-state index contributed by atoms with van der Waals surface area (Å²) in [6.07, 6.45) is 9.93. The maximum atomic E-state index is 5.28. The molecule has 0 heterocycles. The second-order valence-corrected chi connectivity index (χ2v) is 6.92. The number of unbranched alkanes of at least 4 members (excludes halogenated alkanes) is 3. The zero-order chi connectivity index (χ0) is 20.9. The molecular weight excluding hydrogens is 340 g/mol. The molecule has 2 rings (SSSR count). The van der Waals surface area contributed by atoms with Crippen molar-refractivity contribution in [1.29, 1.82) is 0 Å². The van der Waals surface area contributed by atoms with Crippen LogP contribution in [0.2, 0.25) is 0 Å². The third-order valence-corrected chi connectivity index (χ3v) is 3.99. The first kappa shape index (κ1) is 25.8. The second-order valence-electron chi connectivity index (χ2n) is 6.92. The molecule has 0 saturated carbocycles. The minimum absolute atomic E-state index is 0.824. The number of nitrogens with two attached hydrogens (primary N) is 2. The molecule has 0 aliphatic rings. The molecule has 0 atom stereocenters. The Hall–Kier alpha value is -2.16. The van der Waals surface area contributed by atoms with E-state index < -0.39 is 0 Å². The molecule has 0 amide bonds. The Kier molecular flexibility index (Phi) is 18.1. The van der Waals surface area contributed by atoms with E-state index in [9.17, 15) is 0 Å². The molecule has 2 heteroatoms. The molecule has 0 aromatic heterocycles. The summed E-state index contributed by atoms with van der Waals surface area (Å²) < 4.78 is 0. The number of allylic oxidation sites excluding steroid dienone is 2. The predicted octanol–water partition coefficient (Wildman–Crippen LogP) is 6.07. The quantitative estimate of drug-likeness (QED) is 0.388. The van der Waals surface area contributed by atoms with Crippen LogP contribution in [0.15, 0.2) is 85.5 Å². The summed E-state index contributed by atoms with van der Waals surface area (Å²) in [4.78, 5) is 0. The van der Waals surface area contributed by atoms with E-state index in [2.05, 4.69) is 61.7 Å². The van der Waals surface area contributed by atoms with Gasteiger partial charge in [0, 0.05) is 0 Å². The van der Waals surface area contributed by atoms with Crippen molar-refractivity contribution < 1.29 is 0 Å². The van der Waals surface area contributed by atoms with Gasteiger partial charge in [-0.2, -0.15) is 0 Å². The van der Waals surface area contributed by atoms with Gasteiger partial charge in [-0.3, -0.25) is 0 Å². The molecule has 154 valence electrons. The Morgan fingerprint density at radius 3 is 1.64 bits per heavy atom. The Bertz CT molecular complexity index is 584. The smallest absolute Gasteiger partial charge is 0.00726 e. The fraction of sp³-hybridized carbons (Fsp3) is 0.385. The van der Waals surface area contributed by atoms with E-state index in [1.165, 1.54) is 29.5 Å². The van der Waals surface area contributed by atoms with Gasteiger partial charge >= 0.3 is 0 Å². The maximum absolute atomic E-state index is 5.28. The van der Waals surface area contributed by atoms with Crippen molar-refractivity contribution in [2.45, 2.75) is 51.9 Å². The van der Waals surface area contributed by atoms with E-state index in [1.54, 1.807) is 0 Å². The topological polar surface area (TPSA) is 52.0 Å². The summed E-state index contributed by atoms with van der Waals surface area (Å²) in [5.74, 6) is 0. The number of hydrogen-bond acceptors (Lipinski definition) is 2. The first-order valence-electron chi connectivity index (χ1n) is 10.4. The molecule has 2 aromatic carbocycles. The molecule has 0 aliphatic carbocycles. The highest BCUT2D eigenvalue weighted by Crippen LogP contribution is 2.04. The van der Waals surface area contributed by atoms with Crippen molar-refractivity contribution in [3.63, 3.8) is 0 Å². The Labute approximate surface area is 173 Å². The fourth-order valence-electron chi connectivity index (χ4n) is 2.50. The zero-order valence-corrected chi connectivity index (χ0v) is 17.8. The lowest BCUT2D eigenvalue weighted by atomic mass is 10.1. The standard InChI is InChI=1S/2C10H12.C6H16N2/c1-9(2)8-10-6-4-3-5-7-10;1-2-3-7-10-8-5-4-6-9-10;7-5-3-1-2-4-6-8/h3-7H,1,8H2,2H3;2,4-6,8-9H,1,3,7H2;1-8H2. The van der Waals surface area contributed by atoms with Crippen LogP contribution < -0.4 is 11.5 Å². The van der Waals surface area contributed by atoms with Crippen molar-refractivity contribution in [1.82, 2.24) is 0 Å². The van der Waals surface area contributed by atoms with Crippen molar-refractivity contribution in [3.05, 3.63) is 96.6 Å². The molecular formula is C26H40N2. The first-order chi connectivity index (χ1) is 13.6. The van der Waals surface area contributed by atoms with Crippen molar-refractivity contribution in [2.24, 2.45) is 11.5 Å². The average Bonchev–Trinajstić information content (AvgIpc) is 2.72. The molecule has 0 saturated heterocycles. The van der Waals surface area contributed by atoms with Crippen LogP contribution in [0.4, 0.5) is 0 Å². The fourth-order valence-corrected chi connectivity index (χ4v) is 2.50. The summed E-state index contributed by atoms with van der Waals surface area (Å²) in [6, 6.07) is 20.8. The highest BCUT2D eigenvalue weighted by atomic mass is 14.5. The Balaban J connectivity index is 0.000000394. The number of benzene rings is 2. The van der Waals surface area contributed by atoms with E-state index in [-0.39, 0.29) is 0 Å². The molecule has 0 aliphatic heterocycles. The summed E-state index contributed by atoms with van der Waals surface area (Å²) in [6.45, 7) is 11.2. The molecule has 2 aromatic rings. The predicted molar refractivity (Wildman–Crippen MR) is 126 cm³/mol. The van der Waals surface area contributed by atoms with Gasteiger partial charge < -0.3 is 11.5 Å². The van der Waals surface area contributed by atoms with Crippen LogP contribution in [0.25, 0.3) is 0 Å². The largest absolute Gasteiger partial charge is 0.330 e. The molecule has 0 bridgehead atoms. The minimum Gasteiger partial charge on any atom is -0.330 e. The van der Waals surface area contributed by atoms with Crippen LogP contribution in [-0.4, -0.2) is 13.1 Å². The number of rotatable bonds is 10. The van der Waals surface area contributed by atoms with Crippen LogP contribution in [0.1, 0.15) is 50.2 Å². The van der Waals surface area contributed by atoms with E-state index >= 15 is 0 Å². The average molecular weight is 381 g/mol. The number of aryl methyl sites for hydroxylation is 1. The SMILES string of the molecule is C=C(C)Cc1ccccc1.C=CCCc1ccccc1.NCCCCCCN. The molecule has 4 N–H and O–H groups in total. The van der Waals surface area contributed by atoms with Crippen LogP contribution in [-0.2, 0) is 12.8 Å². The van der Waals surface area contributed by atoms with Crippen molar-refractivity contribution >= 4 is 0 Å². The van der Waals surface area contributed by atoms with Crippen molar-refractivity contribution in [3.8, 4) is 0 Å². The van der Waals surface area contributed by atoms with Gasteiger partial charge in [-0.15, -0.1) is 6.58 Å². The third kappa shape index (κ3) is 17.3. The lowest BCUT2D eigenvalue weighted by molar-refractivity contribution is 0.653. The van der Waals surface area contributed by atoms with Gasteiger partial charge in [-0.25, -0.2) is 0 Å². The van der Waals surface area contributed by atoms with Crippen LogP contribution >= 0.6 is 0 Å². The summed E-state index contributed by atoms with van der Waals surface area (Å²) in [5.41, 5.74) is 14.5. The lowest BCUT2D eigenvalue weighted by Gasteiger charge is -1.97. The van der Waals surface area contributed by atoms with Crippen LogP contribution in [0, 0.1) is 0 Å². The molecule has 2 nitrogen and oxygen atoms in total. The van der Waals surface area contributed by atoms with Gasteiger partial charge in [0.1, 0.15) is 0 Å². The lowest BCUT2D eigenvalue weighted by Crippen LogP contribution is -2.00. The molecule has 0 fully saturated rings. The monoisotopic (exact) mass is 380 g/mol. The third-order valence-electron chi connectivity index (χ3n) is 3.99. The van der Waals surface area contributed by atoms with Gasteiger partial charge in [0.15, 0.2) is 0 Å². The van der Waals surface area contributed by atoms with Gasteiger partial charge in [0.25, 0.3) is 0 Å². The van der Waals surface area contributed by atoms with E-state index in [1.807, 2.05) is 25.1 Å². The maximum Gasteiger partial charge on any atom is -0.00726 e. The van der Waals surface area contributed by atoms with E-state index in [0.717, 1.165) is 45.2 Å². The summed E-state index contributed by atoms with van der Waals surface area (Å²) >= 11 is 0. The van der Waals surface area contributed by atoms with Crippen LogP contribution in [0.5, 0.6) is 0 Å². The van der Waals surface area contributed by atoms with Gasteiger partial charge in [-0.05, 0) is 63.2 Å². The molecule has 0 radical (unpaired) electrons. The van der Waals surface area contributed by atoms with Gasteiger partial charge in [0.05, 0.1) is 0 Å². The summed E-state index contributed by atoms with van der Waals surface area (Å²) in [7, 11) is 0. The Morgan fingerprint density at radius 2 is 1.25 bits per heavy atom. The normalized spacial score (nSPS) is 9.39. The first-order valence-corrected chi connectivity index (χ1v) is 10.4. The highest BCUT2D eigenvalue weighted by Gasteiger charge is 1.88. The van der Waals surface area contributed by atoms with Gasteiger partial charge in [0.2, 0.25) is 0 Å². The summed E-state index contributed by atoms with van der Waals surface area (Å²) in [5, 5.41) is 0. The molecule has 0 spiro atoms. The minimum atomic E-state index is 0.824. The molecule has 28 heavy (non-hydrogen) atoms. The van der Waals surface area contributed by atoms with E-state index in [4.69, 9.17) is 11.5 Å². The Morgan fingerprint density at radius 1 is 0.786 bits per heavy atom. The van der Waals surface area contributed by atoms with Crippen LogP contribution in [0.3, 0.4) is 0 Å². The zero-order valence-electron chi connectivity index (χ0n) is 17.8. The van der Waals surface area contributed by atoms with Gasteiger partial charge in [-0.1, -0.05) is 91.7 Å². The highest BCUT2D eigenvalue weighted by molar-refractivity contribution is 5.19. The second kappa shape index (κ2) is 19.6. The molecule has 0 unspecified atom stereocenters. The van der Waals surface area contributed by atoms with E-state index in [0.29, 0.717) is 0 Å². The van der Waals surface area contributed by atoms with Crippen molar-refractivity contribution in [2.75, 3.05) is 13.1 Å².